The fourth-order valence-corrected chi connectivity index (χ4v) is 2.78. The Bertz CT molecular complexity index is 1110. The molecule has 0 bridgehead atoms. The Morgan fingerprint density at radius 2 is 1.93 bits per heavy atom. The van der Waals surface area contributed by atoms with Crippen LogP contribution in [0.5, 0.6) is 0 Å². The number of para-hydroxylation sites is 1. The second-order valence-electron chi connectivity index (χ2n) is 5.59. The fraction of sp³-hybridized carbons (Fsp3) is 0. The SMILES string of the molecule is O=C(Nc1ccc(-n2cncn2)c(Cl)c1)c1cnn(-c2ccccc2F)c1. The summed E-state index contributed by atoms with van der Waals surface area (Å²) < 4.78 is 16.7. The Morgan fingerprint density at radius 1 is 1.07 bits per heavy atom. The highest BCUT2D eigenvalue weighted by Crippen LogP contribution is 2.24. The molecular formula is C18H12ClFN6O. The van der Waals surface area contributed by atoms with Crippen molar-refractivity contribution in [3.63, 3.8) is 0 Å². The minimum Gasteiger partial charge on any atom is -0.322 e. The first-order valence-electron chi connectivity index (χ1n) is 7.87. The topological polar surface area (TPSA) is 77.6 Å². The standard InChI is InChI=1S/C18H12ClFN6O/c19-14-7-13(5-6-16(14)26-11-21-10-23-26)24-18(27)12-8-22-25(9-12)17-4-2-1-3-15(17)20/h1-11H,(H,24,27). The van der Waals surface area contributed by atoms with Crippen LogP contribution in [0.1, 0.15) is 10.4 Å². The minimum atomic E-state index is -0.428. The molecule has 0 saturated carbocycles. The predicted molar refractivity (Wildman–Crippen MR) is 97.8 cm³/mol. The van der Waals surface area contributed by atoms with Gasteiger partial charge in [-0.1, -0.05) is 23.7 Å². The monoisotopic (exact) mass is 382 g/mol. The molecule has 4 rings (SSSR count). The summed E-state index contributed by atoms with van der Waals surface area (Å²) in [7, 11) is 0. The van der Waals surface area contributed by atoms with E-state index >= 15 is 0 Å². The van der Waals surface area contributed by atoms with E-state index in [0.29, 0.717) is 16.4 Å². The summed E-state index contributed by atoms with van der Waals surface area (Å²) in [5, 5.41) is 11.2. The highest BCUT2D eigenvalue weighted by atomic mass is 35.5. The van der Waals surface area contributed by atoms with Crippen molar-refractivity contribution in [3.05, 3.63) is 83.9 Å². The van der Waals surface area contributed by atoms with Crippen LogP contribution in [0.4, 0.5) is 10.1 Å². The molecule has 2 aromatic heterocycles. The predicted octanol–water partition coefficient (Wildman–Crippen LogP) is 3.50. The Balaban J connectivity index is 1.53. The third kappa shape index (κ3) is 3.42. The number of nitrogens with zero attached hydrogens (tertiary/aromatic N) is 5. The summed E-state index contributed by atoms with van der Waals surface area (Å²) in [4.78, 5) is 16.3. The second-order valence-corrected chi connectivity index (χ2v) is 5.99. The maximum atomic E-state index is 13.8. The number of hydrogen-bond donors (Lipinski definition) is 1. The highest BCUT2D eigenvalue weighted by Gasteiger charge is 2.13. The molecule has 0 radical (unpaired) electrons. The van der Waals surface area contributed by atoms with Gasteiger partial charge in [0.15, 0.2) is 0 Å². The molecule has 0 saturated heterocycles. The van der Waals surface area contributed by atoms with Crippen LogP contribution in [-0.2, 0) is 0 Å². The van der Waals surface area contributed by atoms with Crippen molar-refractivity contribution < 1.29 is 9.18 Å². The van der Waals surface area contributed by atoms with Crippen molar-refractivity contribution in [2.45, 2.75) is 0 Å². The van der Waals surface area contributed by atoms with Crippen molar-refractivity contribution in [2.75, 3.05) is 5.32 Å². The molecule has 9 heteroatoms. The summed E-state index contributed by atoms with van der Waals surface area (Å²) in [6.07, 6.45) is 5.75. The molecule has 1 N–H and O–H groups in total. The molecule has 0 unspecified atom stereocenters. The molecule has 0 aliphatic heterocycles. The second kappa shape index (κ2) is 7.00. The zero-order valence-corrected chi connectivity index (χ0v) is 14.5. The van der Waals surface area contributed by atoms with Gasteiger partial charge in [-0.2, -0.15) is 10.2 Å². The number of halogens is 2. The first kappa shape index (κ1) is 16.9. The van der Waals surface area contributed by atoms with E-state index in [1.165, 1.54) is 40.5 Å². The Labute approximate surface area is 158 Å². The first-order valence-corrected chi connectivity index (χ1v) is 8.25. The quantitative estimate of drug-likeness (QED) is 0.586. The third-order valence-corrected chi connectivity index (χ3v) is 4.12. The van der Waals surface area contributed by atoms with Crippen LogP contribution in [0.2, 0.25) is 5.02 Å². The van der Waals surface area contributed by atoms with E-state index in [0.717, 1.165) is 0 Å². The molecule has 0 atom stereocenters. The van der Waals surface area contributed by atoms with Crippen LogP contribution in [-0.4, -0.2) is 30.5 Å². The molecule has 0 spiro atoms. The normalized spacial score (nSPS) is 10.7. The van der Waals surface area contributed by atoms with Gasteiger partial charge in [-0.25, -0.2) is 18.7 Å². The highest BCUT2D eigenvalue weighted by molar-refractivity contribution is 6.32. The van der Waals surface area contributed by atoms with E-state index < -0.39 is 5.82 Å². The molecule has 27 heavy (non-hydrogen) atoms. The summed E-state index contributed by atoms with van der Waals surface area (Å²) >= 11 is 6.25. The van der Waals surface area contributed by atoms with Gasteiger partial charge >= 0.3 is 0 Å². The van der Waals surface area contributed by atoms with Crippen LogP contribution in [0.3, 0.4) is 0 Å². The van der Waals surface area contributed by atoms with Gasteiger partial charge in [0.1, 0.15) is 24.2 Å². The van der Waals surface area contributed by atoms with Crippen molar-refractivity contribution in [3.8, 4) is 11.4 Å². The van der Waals surface area contributed by atoms with Crippen LogP contribution >= 0.6 is 11.6 Å². The van der Waals surface area contributed by atoms with Crippen molar-refractivity contribution in [2.24, 2.45) is 0 Å². The van der Waals surface area contributed by atoms with Gasteiger partial charge in [0.25, 0.3) is 5.91 Å². The van der Waals surface area contributed by atoms with Crippen LogP contribution in [0, 0.1) is 5.82 Å². The lowest BCUT2D eigenvalue weighted by atomic mass is 10.2. The number of aromatic nitrogens is 5. The van der Waals surface area contributed by atoms with E-state index in [-0.39, 0.29) is 17.2 Å². The third-order valence-electron chi connectivity index (χ3n) is 3.82. The summed E-state index contributed by atoms with van der Waals surface area (Å²) in [5.41, 5.74) is 1.69. The van der Waals surface area contributed by atoms with Gasteiger partial charge < -0.3 is 5.32 Å². The van der Waals surface area contributed by atoms with E-state index in [4.69, 9.17) is 11.6 Å². The van der Waals surface area contributed by atoms with Gasteiger partial charge in [0.2, 0.25) is 0 Å². The summed E-state index contributed by atoms with van der Waals surface area (Å²) in [6, 6.07) is 11.2. The molecule has 0 aliphatic rings. The van der Waals surface area contributed by atoms with Crippen LogP contribution in [0.15, 0.2) is 67.5 Å². The minimum absolute atomic E-state index is 0.261. The van der Waals surface area contributed by atoms with E-state index in [1.54, 1.807) is 36.4 Å². The van der Waals surface area contributed by atoms with Gasteiger partial charge in [-0.05, 0) is 30.3 Å². The Hall–Kier alpha value is -3.52. The number of nitrogens with one attached hydrogen (secondary N) is 1. The number of benzene rings is 2. The fourth-order valence-electron chi connectivity index (χ4n) is 2.52. The number of carbonyl (C=O) groups excluding carboxylic acids is 1. The van der Waals surface area contributed by atoms with Crippen molar-refractivity contribution in [1.29, 1.82) is 0 Å². The summed E-state index contributed by atoms with van der Waals surface area (Å²) in [6.45, 7) is 0. The van der Waals surface area contributed by atoms with Crippen molar-refractivity contribution in [1.82, 2.24) is 24.5 Å². The average Bonchev–Trinajstić information content (AvgIpc) is 3.34. The smallest absolute Gasteiger partial charge is 0.258 e. The lowest BCUT2D eigenvalue weighted by Crippen LogP contribution is -2.11. The summed E-state index contributed by atoms with van der Waals surface area (Å²) in [5.74, 6) is -0.815. The average molecular weight is 383 g/mol. The van der Waals surface area contributed by atoms with Gasteiger partial charge in [-0.3, -0.25) is 4.79 Å². The zero-order valence-electron chi connectivity index (χ0n) is 13.8. The van der Waals surface area contributed by atoms with E-state index in [9.17, 15) is 9.18 Å². The molecule has 134 valence electrons. The van der Waals surface area contributed by atoms with Crippen LogP contribution in [0.25, 0.3) is 11.4 Å². The van der Waals surface area contributed by atoms with Crippen molar-refractivity contribution >= 4 is 23.2 Å². The Kier molecular flexibility index (Phi) is 4.39. The van der Waals surface area contributed by atoms with E-state index in [1.807, 2.05) is 0 Å². The zero-order chi connectivity index (χ0) is 18.8. The molecule has 0 fully saturated rings. The first-order chi connectivity index (χ1) is 13.1. The number of hydrogen-bond acceptors (Lipinski definition) is 4. The Morgan fingerprint density at radius 3 is 2.67 bits per heavy atom. The maximum Gasteiger partial charge on any atom is 0.258 e. The lowest BCUT2D eigenvalue weighted by molar-refractivity contribution is 0.102. The van der Waals surface area contributed by atoms with Gasteiger partial charge in [0.05, 0.1) is 22.5 Å². The molecule has 1 amide bonds. The molecular weight excluding hydrogens is 371 g/mol. The largest absolute Gasteiger partial charge is 0.322 e. The van der Waals surface area contributed by atoms with E-state index in [2.05, 4.69) is 20.5 Å². The van der Waals surface area contributed by atoms with Gasteiger partial charge in [-0.15, -0.1) is 0 Å². The molecule has 2 aromatic carbocycles. The molecule has 0 aliphatic carbocycles. The number of amides is 1. The molecule has 4 aromatic rings. The maximum absolute atomic E-state index is 13.8. The lowest BCUT2D eigenvalue weighted by Gasteiger charge is -2.08. The van der Waals surface area contributed by atoms with Crippen LogP contribution < -0.4 is 5.32 Å². The van der Waals surface area contributed by atoms with Gasteiger partial charge in [0, 0.05) is 11.9 Å². The molecule has 2 heterocycles. The number of anilines is 1. The number of rotatable bonds is 4. The number of carbonyl (C=O) groups is 1. The molecule has 7 nitrogen and oxygen atoms in total.